The fourth-order valence-corrected chi connectivity index (χ4v) is 5.36. The highest BCUT2D eigenvalue weighted by Gasteiger charge is 2.29. The monoisotopic (exact) mass is 540 g/mol. The minimum absolute atomic E-state index is 0.110. The van der Waals surface area contributed by atoms with Crippen LogP contribution in [0.2, 0.25) is 0 Å². The maximum Gasteiger partial charge on any atom is 0.121 e. The second-order valence-corrected chi connectivity index (χ2v) is 11.4. The van der Waals surface area contributed by atoms with Crippen LogP contribution in [-0.4, -0.2) is 20.4 Å². The summed E-state index contributed by atoms with van der Waals surface area (Å²) in [6, 6.07) is 22.9. The highest BCUT2D eigenvalue weighted by Crippen LogP contribution is 2.40. The van der Waals surface area contributed by atoms with E-state index in [0.29, 0.717) is 11.5 Å². The number of hydrogen-bond donors (Lipinski definition) is 4. The molecule has 4 aromatic rings. The molecule has 0 atom stereocenters. The zero-order valence-electron chi connectivity index (χ0n) is 25.1. The van der Waals surface area contributed by atoms with Gasteiger partial charge in [-0.15, -0.1) is 0 Å². The predicted molar refractivity (Wildman–Crippen MR) is 165 cm³/mol. The van der Waals surface area contributed by atoms with Crippen molar-refractivity contribution in [3.05, 3.63) is 117 Å². The smallest absolute Gasteiger partial charge is 0.121 e. The molecule has 0 bridgehead atoms. The first kappa shape index (κ1) is 30.6. The Morgan fingerprint density at radius 3 is 0.950 bits per heavy atom. The summed E-state index contributed by atoms with van der Waals surface area (Å²) < 4.78 is 0. The number of rotatable bonds is 6. The van der Waals surface area contributed by atoms with E-state index in [2.05, 4.69) is 52.0 Å². The van der Waals surface area contributed by atoms with Gasteiger partial charge in [0.1, 0.15) is 23.0 Å². The van der Waals surface area contributed by atoms with Crippen LogP contribution in [0.5, 0.6) is 23.0 Å². The maximum absolute atomic E-state index is 10.0. The molecule has 4 N–H and O–H groups in total. The quantitative estimate of drug-likeness (QED) is 0.197. The molecule has 4 aromatic carbocycles. The van der Waals surface area contributed by atoms with Gasteiger partial charge in [-0.1, -0.05) is 76.2 Å². The van der Waals surface area contributed by atoms with Crippen molar-refractivity contribution in [2.45, 2.75) is 79.1 Å². The van der Waals surface area contributed by atoms with Gasteiger partial charge >= 0.3 is 0 Å². The SMILES string of the molecule is CCC(C)(c1cc(C)c(O)c(C)c1)c1cc(C)c(O)c(C)c1.CCC(C)(c1ccc(O)cc1)c1ccc(O)cc1. The molecule has 4 nitrogen and oxygen atoms in total. The molecule has 0 saturated carbocycles. The number of hydrogen-bond acceptors (Lipinski definition) is 4. The fraction of sp³-hybridized carbons (Fsp3) is 0.333. The van der Waals surface area contributed by atoms with Crippen LogP contribution in [-0.2, 0) is 10.8 Å². The largest absolute Gasteiger partial charge is 0.508 e. The van der Waals surface area contributed by atoms with E-state index in [-0.39, 0.29) is 22.3 Å². The van der Waals surface area contributed by atoms with Gasteiger partial charge in [0.25, 0.3) is 0 Å². The van der Waals surface area contributed by atoms with Crippen molar-refractivity contribution in [3.8, 4) is 23.0 Å². The van der Waals surface area contributed by atoms with Crippen molar-refractivity contribution in [2.75, 3.05) is 0 Å². The number of phenolic OH excluding ortho intramolecular Hbond substituents is 4. The molecular formula is C36H44O4. The zero-order chi connectivity index (χ0) is 29.8. The Bertz CT molecular complexity index is 1300. The van der Waals surface area contributed by atoms with Gasteiger partial charge < -0.3 is 20.4 Å². The van der Waals surface area contributed by atoms with Gasteiger partial charge in [0.15, 0.2) is 0 Å². The summed E-state index contributed by atoms with van der Waals surface area (Å²) in [6.45, 7) is 16.5. The van der Waals surface area contributed by atoms with Crippen molar-refractivity contribution in [3.63, 3.8) is 0 Å². The molecule has 0 spiro atoms. The zero-order valence-corrected chi connectivity index (χ0v) is 25.1. The van der Waals surface area contributed by atoms with Gasteiger partial charge in [-0.3, -0.25) is 0 Å². The van der Waals surface area contributed by atoms with Crippen LogP contribution in [0.15, 0.2) is 72.8 Å². The highest BCUT2D eigenvalue weighted by molar-refractivity contribution is 5.51. The summed E-state index contributed by atoms with van der Waals surface area (Å²) in [5.74, 6) is 1.31. The Hall–Kier alpha value is -3.92. The van der Waals surface area contributed by atoms with Crippen molar-refractivity contribution in [2.24, 2.45) is 0 Å². The third kappa shape index (κ3) is 6.12. The second kappa shape index (κ2) is 12.1. The van der Waals surface area contributed by atoms with E-state index in [9.17, 15) is 20.4 Å². The predicted octanol–water partition coefficient (Wildman–Crippen LogP) is 8.86. The molecule has 0 amide bonds. The summed E-state index contributed by atoms with van der Waals surface area (Å²) >= 11 is 0. The molecule has 0 aliphatic carbocycles. The normalized spacial score (nSPS) is 11.6. The Balaban J connectivity index is 0.000000225. The van der Waals surface area contributed by atoms with Gasteiger partial charge in [0.05, 0.1) is 0 Å². The van der Waals surface area contributed by atoms with Gasteiger partial charge in [-0.05, 0) is 109 Å². The van der Waals surface area contributed by atoms with Crippen molar-refractivity contribution in [1.29, 1.82) is 0 Å². The van der Waals surface area contributed by atoms with Crippen LogP contribution in [0.1, 0.15) is 85.0 Å². The van der Waals surface area contributed by atoms with Crippen LogP contribution in [0.3, 0.4) is 0 Å². The Morgan fingerprint density at radius 2 is 0.700 bits per heavy atom. The van der Waals surface area contributed by atoms with Crippen LogP contribution in [0.25, 0.3) is 0 Å². The van der Waals surface area contributed by atoms with Crippen molar-refractivity contribution >= 4 is 0 Å². The van der Waals surface area contributed by atoms with E-state index < -0.39 is 0 Å². The molecule has 4 rings (SSSR count). The number of benzene rings is 4. The summed E-state index contributed by atoms with van der Waals surface area (Å²) in [6.07, 6.45) is 1.89. The first-order valence-corrected chi connectivity index (χ1v) is 14.0. The highest BCUT2D eigenvalue weighted by atomic mass is 16.3. The van der Waals surface area contributed by atoms with Gasteiger partial charge in [-0.25, -0.2) is 0 Å². The number of phenols is 4. The van der Waals surface area contributed by atoms with E-state index in [4.69, 9.17) is 0 Å². The van der Waals surface area contributed by atoms with Crippen LogP contribution in [0, 0.1) is 27.7 Å². The van der Waals surface area contributed by atoms with Gasteiger partial charge in [0.2, 0.25) is 0 Å². The number of aromatic hydroxyl groups is 4. The first-order chi connectivity index (χ1) is 18.8. The lowest BCUT2D eigenvalue weighted by Crippen LogP contribution is -2.23. The number of aryl methyl sites for hydroxylation is 4. The summed E-state index contributed by atoms with van der Waals surface area (Å²) in [4.78, 5) is 0. The van der Waals surface area contributed by atoms with Crippen LogP contribution in [0.4, 0.5) is 0 Å². The lowest BCUT2D eigenvalue weighted by molar-refractivity contribution is 0.462. The molecule has 0 aromatic heterocycles. The fourth-order valence-electron chi connectivity index (χ4n) is 5.36. The molecule has 212 valence electrons. The van der Waals surface area contributed by atoms with Crippen LogP contribution < -0.4 is 0 Å². The Labute approximate surface area is 239 Å². The lowest BCUT2D eigenvalue weighted by Gasteiger charge is -2.31. The van der Waals surface area contributed by atoms with Gasteiger partial charge in [-0.2, -0.15) is 0 Å². The molecule has 0 aliphatic heterocycles. The third-order valence-corrected chi connectivity index (χ3v) is 8.68. The Kier molecular flexibility index (Phi) is 9.25. The molecule has 0 heterocycles. The minimum atomic E-state index is -0.146. The average molecular weight is 541 g/mol. The minimum Gasteiger partial charge on any atom is -0.508 e. The molecule has 0 aliphatic rings. The van der Waals surface area contributed by atoms with Gasteiger partial charge in [0, 0.05) is 10.8 Å². The molecule has 0 unspecified atom stereocenters. The lowest BCUT2D eigenvalue weighted by atomic mass is 9.72. The first-order valence-electron chi connectivity index (χ1n) is 14.0. The molecule has 0 fully saturated rings. The molecule has 4 heteroatoms. The van der Waals surface area contributed by atoms with E-state index in [0.717, 1.165) is 46.2 Å². The molecule has 40 heavy (non-hydrogen) atoms. The van der Waals surface area contributed by atoms with E-state index in [1.807, 2.05) is 52.0 Å². The van der Waals surface area contributed by atoms with Crippen molar-refractivity contribution < 1.29 is 20.4 Å². The third-order valence-electron chi connectivity index (χ3n) is 8.68. The standard InChI is InChI=1S/C20H26O2.C16H18O2/c1-7-20(6,16-8-12(2)18(21)13(3)9-16)17-10-14(4)19(22)15(5)11-17;1-3-16(2,12-4-8-14(17)9-5-12)13-6-10-15(18)11-7-13/h8-11,21-22H,7H2,1-6H3;4-11,17-18H,3H2,1-2H3. The Morgan fingerprint density at radius 1 is 0.450 bits per heavy atom. The second-order valence-electron chi connectivity index (χ2n) is 11.4. The van der Waals surface area contributed by atoms with E-state index >= 15 is 0 Å². The maximum atomic E-state index is 10.0. The molecule has 0 radical (unpaired) electrons. The molecular weight excluding hydrogens is 496 g/mol. The van der Waals surface area contributed by atoms with Crippen molar-refractivity contribution in [1.82, 2.24) is 0 Å². The van der Waals surface area contributed by atoms with Crippen LogP contribution >= 0.6 is 0 Å². The molecule has 0 saturated heterocycles. The average Bonchev–Trinajstić information content (AvgIpc) is 2.94. The topological polar surface area (TPSA) is 80.9 Å². The van der Waals surface area contributed by atoms with E-state index in [1.165, 1.54) is 11.1 Å². The summed E-state index contributed by atoms with van der Waals surface area (Å²) in [5.41, 5.74) is 8.09. The summed E-state index contributed by atoms with van der Waals surface area (Å²) in [7, 11) is 0. The van der Waals surface area contributed by atoms with E-state index in [1.54, 1.807) is 24.3 Å². The summed E-state index contributed by atoms with van der Waals surface area (Å²) in [5, 5.41) is 38.8.